The highest BCUT2D eigenvalue weighted by molar-refractivity contribution is 6.04. The Labute approximate surface area is 77.3 Å². The molecule has 1 aliphatic carbocycles. The van der Waals surface area contributed by atoms with Crippen LogP contribution in [0.1, 0.15) is 33.1 Å². The Bertz CT molecular complexity index is 233. The number of carboxylic acid groups (broad SMARTS) is 1. The minimum absolute atomic E-state index is 0.0596. The molecule has 4 heteroatoms. The molecule has 0 saturated heterocycles. The molecule has 1 fully saturated rings. The molecule has 0 bridgehead atoms. The predicted molar refractivity (Wildman–Crippen MR) is 47.2 cm³/mol. The molecule has 1 rings (SSSR count). The first kappa shape index (κ1) is 10.0. The lowest BCUT2D eigenvalue weighted by molar-refractivity contribution is -0.149. The molecule has 1 saturated carbocycles. The Morgan fingerprint density at radius 2 is 2.08 bits per heavy atom. The van der Waals surface area contributed by atoms with Crippen molar-refractivity contribution in [3.05, 3.63) is 0 Å². The van der Waals surface area contributed by atoms with E-state index in [1.807, 2.05) is 13.8 Å². The summed E-state index contributed by atoms with van der Waals surface area (Å²) in [5.41, 5.74) is -1.09. The maximum absolute atomic E-state index is 11.4. The summed E-state index contributed by atoms with van der Waals surface area (Å²) in [5, 5.41) is 11.5. The van der Waals surface area contributed by atoms with Gasteiger partial charge in [0.15, 0.2) is 0 Å². The van der Waals surface area contributed by atoms with Gasteiger partial charge in [-0.3, -0.25) is 9.59 Å². The minimum atomic E-state index is -1.09. The lowest BCUT2D eigenvalue weighted by Crippen LogP contribution is -2.41. The summed E-state index contributed by atoms with van der Waals surface area (Å²) < 4.78 is 0. The van der Waals surface area contributed by atoms with Gasteiger partial charge in [-0.05, 0) is 26.2 Å². The Balaban J connectivity index is 2.53. The van der Waals surface area contributed by atoms with Crippen molar-refractivity contribution in [3.63, 3.8) is 0 Å². The van der Waals surface area contributed by atoms with Crippen LogP contribution in [0.3, 0.4) is 0 Å². The highest BCUT2D eigenvalue weighted by atomic mass is 16.4. The van der Waals surface area contributed by atoms with Gasteiger partial charge >= 0.3 is 5.97 Å². The first-order chi connectivity index (χ1) is 6.03. The van der Waals surface area contributed by atoms with E-state index in [0.717, 1.165) is 6.42 Å². The van der Waals surface area contributed by atoms with Crippen LogP contribution in [-0.4, -0.2) is 23.0 Å². The highest BCUT2D eigenvalue weighted by Gasteiger charge is 2.57. The molecule has 0 heterocycles. The molecule has 13 heavy (non-hydrogen) atoms. The molecule has 1 aliphatic rings. The van der Waals surface area contributed by atoms with E-state index in [4.69, 9.17) is 5.11 Å². The SMILES string of the molecule is CCC(C)NC(=O)C1(C(=O)O)CC1. The summed E-state index contributed by atoms with van der Waals surface area (Å²) in [7, 11) is 0. The number of hydrogen-bond donors (Lipinski definition) is 2. The number of aliphatic carboxylic acids is 1. The molecule has 1 amide bonds. The van der Waals surface area contributed by atoms with Crippen molar-refractivity contribution in [2.24, 2.45) is 5.41 Å². The zero-order valence-electron chi connectivity index (χ0n) is 7.96. The van der Waals surface area contributed by atoms with Crippen molar-refractivity contribution < 1.29 is 14.7 Å². The van der Waals surface area contributed by atoms with Gasteiger partial charge in [0.25, 0.3) is 0 Å². The maximum Gasteiger partial charge on any atom is 0.319 e. The van der Waals surface area contributed by atoms with Crippen LogP contribution in [0.5, 0.6) is 0 Å². The Kier molecular flexibility index (Phi) is 2.59. The fourth-order valence-electron chi connectivity index (χ4n) is 1.13. The zero-order chi connectivity index (χ0) is 10.1. The third-order valence-corrected chi connectivity index (χ3v) is 2.58. The Morgan fingerprint density at radius 3 is 2.38 bits per heavy atom. The summed E-state index contributed by atoms with van der Waals surface area (Å²) in [6.07, 6.45) is 1.77. The number of carbonyl (C=O) groups excluding carboxylic acids is 1. The van der Waals surface area contributed by atoms with E-state index in [9.17, 15) is 9.59 Å². The van der Waals surface area contributed by atoms with E-state index in [1.165, 1.54) is 0 Å². The van der Waals surface area contributed by atoms with Crippen molar-refractivity contribution in [3.8, 4) is 0 Å². The molecule has 0 spiro atoms. The molecule has 0 aliphatic heterocycles. The van der Waals surface area contributed by atoms with Gasteiger partial charge in [-0.15, -0.1) is 0 Å². The van der Waals surface area contributed by atoms with Crippen LogP contribution in [0, 0.1) is 5.41 Å². The lowest BCUT2D eigenvalue weighted by Gasteiger charge is -2.15. The highest BCUT2D eigenvalue weighted by Crippen LogP contribution is 2.46. The molecule has 0 radical (unpaired) electrons. The molecule has 1 unspecified atom stereocenters. The van der Waals surface area contributed by atoms with Crippen molar-refractivity contribution in [1.29, 1.82) is 0 Å². The third kappa shape index (κ3) is 1.82. The molecule has 74 valence electrons. The second-order valence-electron chi connectivity index (χ2n) is 3.67. The van der Waals surface area contributed by atoms with Crippen LogP contribution in [0.2, 0.25) is 0 Å². The van der Waals surface area contributed by atoms with Gasteiger partial charge in [-0.25, -0.2) is 0 Å². The van der Waals surface area contributed by atoms with Crippen LogP contribution in [-0.2, 0) is 9.59 Å². The number of amides is 1. The smallest absolute Gasteiger partial charge is 0.319 e. The van der Waals surface area contributed by atoms with E-state index in [0.29, 0.717) is 12.8 Å². The first-order valence-electron chi connectivity index (χ1n) is 4.57. The normalized spacial score (nSPS) is 20.5. The van der Waals surface area contributed by atoms with Crippen molar-refractivity contribution >= 4 is 11.9 Å². The van der Waals surface area contributed by atoms with E-state index >= 15 is 0 Å². The average molecular weight is 185 g/mol. The second-order valence-corrected chi connectivity index (χ2v) is 3.67. The number of rotatable bonds is 4. The molecule has 1 atom stereocenters. The monoisotopic (exact) mass is 185 g/mol. The summed E-state index contributed by atoms with van der Waals surface area (Å²) in [6, 6.07) is 0.0596. The molecule has 4 nitrogen and oxygen atoms in total. The van der Waals surface area contributed by atoms with Crippen LogP contribution < -0.4 is 5.32 Å². The number of carboxylic acids is 1. The van der Waals surface area contributed by atoms with Gasteiger partial charge < -0.3 is 10.4 Å². The van der Waals surface area contributed by atoms with Crippen LogP contribution in [0.25, 0.3) is 0 Å². The summed E-state index contributed by atoms with van der Waals surface area (Å²) >= 11 is 0. The fourth-order valence-corrected chi connectivity index (χ4v) is 1.13. The third-order valence-electron chi connectivity index (χ3n) is 2.58. The largest absolute Gasteiger partial charge is 0.480 e. The predicted octanol–water partition coefficient (Wildman–Crippen LogP) is 0.766. The van der Waals surface area contributed by atoms with E-state index in [1.54, 1.807) is 0 Å². The number of hydrogen-bond acceptors (Lipinski definition) is 2. The number of carbonyl (C=O) groups is 2. The zero-order valence-corrected chi connectivity index (χ0v) is 7.96. The van der Waals surface area contributed by atoms with Gasteiger partial charge in [-0.1, -0.05) is 6.92 Å². The van der Waals surface area contributed by atoms with E-state index in [2.05, 4.69) is 5.32 Å². The molecule has 0 aromatic heterocycles. The van der Waals surface area contributed by atoms with E-state index < -0.39 is 11.4 Å². The standard InChI is InChI=1S/C9H15NO3/c1-3-6(2)10-7(11)9(4-5-9)8(12)13/h6H,3-5H2,1-2H3,(H,10,11)(H,12,13). The van der Waals surface area contributed by atoms with Crippen LogP contribution in [0.4, 0.5) is 0 Å². The van der Waals surface area contributed by atoms with Crippen LogP contribution >= 0.6 is 0 Å². The van der Waals surface area contributed by atoms with Gasteiger partial charge in [0, 0.05) is 6.04 Å². The maximum atomic E-state index is 11.4. The lowest BCUT2D eigenvalue weighted by atomic mass is 10.1. The summed E-state index contributed by atoms with van der Waals surface area (Å²) in [5.74, 6) is -1.32. The minimum Gasteiger partial charge on any atom is -0.480 e. The molecule has 2 N–H and O–H groups in total. The Morgan fingerprint density at radius 1 is 1.54 bits per heavy atom. The van der Waals surface area contributed by atoms with Crippen molar-refractivity contribution in [2.45, 2.75) is 39.2 Å². The first-order valence-corrected chi connectivity index (χ1v) is 4.57. The quantitative estimate of drug-likeness (QED) is 0.635. The summed E-state index contributed by atoms with van der Waals surface area (Å²) in [4.78, 5) is 22.2. The molecule has 0 aromatic carbocycles. The van der Waals surface area contributed by atoms with Crippen molar-refractivity contribution in [1.82, 2.24) is 5.32 Å². The average Bonchev–Trinajstić information content (AvgIpc) is 2.83. The second kappa shape index (κ2) is 3.36. The van der Waals surface area contributed by atoms with Crippen molar-refractivity contribution in [2.75, 3.05) is 0 Å². The van der Waals surface area contributed by atoms with Gasteiger partial charge in [-0.2, -0.15) is 0 Å². The van der Waals surface area contributed by atoms with Gasteiger partial charge in [0.1, 0.15) is 5.41 Å². The molecular weight excluding hydrogens is 170 g/mol. The van der Waals surface area contributed by atoms with Crippen LogP contribution in [0.15, 0.2) is 0 Å². The van der Waals surface area contributed by atoms with Gasteiger partial charge in [0.2, 0.25) is 5.91 Å². The van der Waals surface area contributed by atoms with Gasteiger partial charge in [0.05, 0.1) is 0 Å². The topological polar surface area (TPSA) is 66.4 Å². The fraction of sp³-hybridized carbons (Fsp3) is 0.778. The van der Waals surface area contributed by atoms with E-state index in [-0.39, 0.29) is 11.9 Å². The number of nitrogens with one attached hydrogen (secondary N) is 1. The molecule has 0 aromatic rings. The summed E-state index contributed by atoms with van der Waals surface area (Å²) in [6.45, 7) is 3.82. The Hall–Kier alpha value is -1.06. The molecular formula is C9H15NO3.